The first-order valence-electron chi connectivity index (χ1n) is 7.26. The molecule has 1 aromatic heterocycles. The number of anilines is 2. The number of nitrogens with zero attached hydrogens (tertiary/aromatic N) is 3. The van der Waals surface area contributed by atoms with Crippen molar-refractivity contribution in [3.05, 3.63) is 53.7 Å². The predicted molar refractivity (Wildman–Crippen MR) is 84.3 cm³/mol. The molecule has 110 valence electrons. The summed E-state index contributed by atoms with van der Waals surface area (Å²) in [5.74, 6) is 0.779. The quantitative estimate of drug-likeness (QED) is 0.940. The number of benzene rings is 1. The number of aromatic nitrogens is 1. The Bertz CT molecular complexity index is 718. The van der Waals surface area contributed by atoms with Gasteiger partial charge in [-0.2, -0.15) is 5.26 Å². The van der Waals surface area contributed by atoms with Crippen molar-refractivity contribution in [2.75, 3.05) is 16.8 Å². The molecule has 1 amide bonds. The van der Waals surface area contributed by atoms with Crippen molar-refractivity contribution in [3.8, 4) is 6.07 Å². The molecule has 0 atom stereocenters. The molecule has 0 bridgehead atoms. The molecule has 1 aliphatic heterocycles. The van der Waals surface area contributed by atoms with Crippen LogP contribution in [0, 0.1) is 11.3 Å². The molecule has 3 rings (SSSR count). The van der Waals surface area contributed by atoms with E-state index >= 15 is 0 Å². The van der Waals surface area contributed by atoms with Crippen molar-refractivity contribution >= 4 is 17.4 Å². The monoisotopic (exact) mass is 292 g/mol. The highest BCUT2D eigenvalue weighted by atomic mass is 16.2. The first kappa shape index (κ1) is 14.1. The smallest absolute Gasteiger partial charge is 0.227 e. The van der Waals surface area contributed by atoms with Crippen LogP contribution in [0.1, 0.15) is 24.0 Å². The lowest BCUT2D eigenvalue weighted by atomic mass is 10.2. The number of amides is 1. The van der Waals surface area contributed by atoms with Crippen LogP contribution in [0.3, 0.4) is 0 Å². The van der Waals surface area contributed by atoms with Crippen molar-refractivity contribution in [3.63, 3.8) is 0 Å². The van der Waals surface area contributed by atoms with E-state index in [1.54, 1.807) is 18.3 Å². The summed E-state index contributed by atoms with van der Waals surface area (Å²) in [6.45, 7) is 1.38. The Morgan fingerprint density at radius 3 is 2.77 bits per heavy atom. The Morgan fingerprint density at radius 2 is 2.09 bits per heavy atom. The van der Waals surface area contributed by atoms with Gasteiger partial charge in [0.1, 0.15) is 11.9 Å². The summed E-state index contributed by atoms with van der Waals surface area (Å²) in [5, 5.41) is 12.2. The highest BCUT2D eigenvalue weighted by molar-refractivity contribution is 5.95. The number of carbonyl (C=O) groups excluding carboxylic acids is 1. The van der Waals surface area contributed by atoms with E-state index in [-0.39, 0.29) is 5.91 Å². The van der Waals surface area contributed by atoms with Crippen LogP contribution in [-0.2, 0) is 11.3 Å². The molecule has 0 unspecified atom stereocenters. The number of nitrogens with one attached hydrogen (secondary N) is 1. The van der Waals surface area contributed by atoms with E-state index in [1.807, 2.05) is 29.2 Å². The molecule has 1 N–H and O–H groups in total. The second-order valence-corrected chi connectivity index (χ2v) is 5.18. The fraction of sp³-hybridized carbons (Fsp3) is 0.235. The average molecular weight is 292 g/mol. The molecule has 1 saturated heterocycles. The van der Waals surface area contributed by atoms with Gasteiger partial charge in [-0.1, -0.05) is 12.1 Å². The largest absolute Gasteiger partial charge is 0.365 e. The topological polar surface area (TPSA) is 69.0 Å². The van der Waals surface area contributed by atoms with Crippen molar-refractivity contribution < 1.29 is 4.79 Å². The first-order chi connectivity index (χ1) is 10.8. The van der Waals surface area contributed by atoms with Gasteiger partial charge < -0.3 is 10.2 Å². The van der Waals surface area contributed by atoms with E-state index in [0.717, 1.165) is 24.2 Å². The minimum atomic E-state index is 0.193. The van der Waals surface area contributed by atoms with Crippen LogP contribution < -0.4 is 10.2 Å². The fourth-order valence-electron chi connectivity index (χ4n) is 2.54. The third-order valence-electron chi connectivity index (χ3n) is 3.71. The second kappa shape index (κ2) is 6.27. The highest BCUT2D eigenvalue weighted by Crippen LogP contribution is 2.22. The van der Waals surface area contributed by atoms with Crippen molar-refractivity contribution in [2.24, 2.45) is 0 Å². The van der Waals surface area contributed by atoms with E-state index in [9.17, 15) is 4.79 Å². The molecule has 1 fully saturated rings. The van der Waals surface area contributed by atoms with Gasteiger partial charge in [-0.3, -0.25) is 4.79 Å². The number of rotatable bonds is 4. The molecule has 0 radical (unpaired) electrons. The van der Waals surface area contributed by atoms with Gasteiger partial charge in [0.15, 0.2) is 0 Å². The van der Waals surface area contributed by atoms with Crippen LogP contribution in [-0.4, -0.2) is 17.4 Å². The van der Waals surface area contributed by atoms with Crippen LogP contribution in [0.15, 0.2) is 42.6 Å². The van der Waals surface area contributed by atoms with E-state index in [1.165, 1.54) is 0 Å². The number of nitriles is 1. The summed E-state index contributed by atoms with van der Waals surface area (Å²) >= 11 is 0. The number of hydrogen-bond acceptors (Lipinski definition) is 4. The molecule has 1 aliphatic rings. The molecule has 0 saturated carbocycles. The van der Waals surface area contributed by atoms with Crippen LogP contribution in [0.4, 0.5) is 11.5 Å². The normalized spacial score (nSPS) is 14.0. The summed E-state index contributed by atoms with van der Waals surface area (Å²) in [5.41, 5.74) is 2.55. The van der Waals surface area contributed by atoms with Gasteiger partial charge in [0.05, 0.1) is 5.56 Å². The Morgan fingerprint density at radius 1 is 1.27 bits per heavy atom. The van der Waals surface area contributed by atoms with E-state index < -0.39 is 0 Å². The Hall–Kier alpha value is -2.87. The Balaban J connectivity index is 1.67. The molecule has 1 aromatic carbocycles. The third-order valence-corrected chi connectivity index (χ3v) is 3.71. The van der Waals surface area contributed by atoms with Gasteiger partial charge >= 0.3 is 0 Å². The van der Waals surface area contributed by atoms with Crippen LogP contribution in [0.5, 0.6) is 0 Å². The van der Waals surface area contributed by atoms with E-state index in [0.29, 0.717) is 24.3 Å². The molecule has 2 aromatic rings. The van der Waals surface area contributed by atoms with Gasteiger partial charge in [-0.25, -0.2) is 4.98 Å². The lowest BCUT2D eigenvalue weighted by Gasteiger charge is -2.16. The first-order valence-corrected chi connectivity index (χ1v) is 7.26. The Labute approximate surface area is 129 Å². The van der Waals surface area contributed by atoms with Crippen molar-refractivity contribution in [2.45, 2.75) is 19.4 Å². The zero-order valence-electron chi connectivity index (χ0n) is 12.1. The minimum absolute atomic E-state index is 0.193. The molecule has 2 heterocycles. The van der Waals surface area contributed by atoms with Gasteiger partial charge in [-0.15, -0.1) is 0 Å². The van der Waals surface area contributed by atoms with Crippen LogP contribution in [0.2, 0.25) is 0 Å². The SMILES string of the molecule is N#Cc1cccnc1NCc1ccc(N2CCCC2=O)cc1. The van der Waals surface area contributed by atoms with Crippen LogP contribution >= 0.6 is 0 Å². The second-order valence-electron chi connectivity index (χ2n) is 5.18. The fourth-order valence-corrected chi connectivity index (χ4v) is 2.54. The maximum absolute atomic E-state index is 11.7. The van der Waals surface area contributed by atoms with Crippen molar-refractivity contribution in [1.29, 1.82) is 5.26 Å². The maximum Gasteiger partial charge on any atom is 0.227 e. The number of carbonyl (C=O) groups is 1. The summed E-state index contributed by atoms with van der Waals surface area (Å²) in [7, 11) is 0. The number of pyridine rings is 1. The van der Waals surface area contributed by atoms with Crippen molar-refractivity contribution in [1.82, 2.24) is 4.98 Å². The third kappa shape index (κ3) is 2.91. The summed E-state index contributed by atoms with van der Waals surface area (Å²) in [4.78, 5) is 17.7. The maximum atomic E-state index is 11.7. The molecule has 0 aliphatic carbocycles. The summed E-state index contributed by atoms with van der Waals surface area (Å²) in [6, 6.07) is 13.5. The zero-order valence-corrected chi connectivity index (χ0v) is 12.1. The highest BCUT2D eigenvalue weighted by Gasteiger charge is 2.21. The van der Waals surface area contributed by atoms with Gasteiger partial charge in [-0.05, 0) is 36.2 Å². The summed E-state index contributed by atoms with van der Waals surface area (Å²) in [6.07, 6.45) is 3.23. The minimum Gasteiger partial charge on any atom is -0.365 e. The molecule has 0 spiro atoms. The average Bonchev–Trinajstić information content (AvgIpc) is 3.00. The number of hydrogen-bond donors (Lipinski definition) is 1. The molecular formula is C17H16N4O. The van der Waals surface area contributed by atoms with Gasteiger partial charge in [0.2, 0.25) is 5.91 Å². The lowest BCUT2D eigenvalue weighted by molar-refractivity contribution is -0.117. The Kier molecular flexibility index (Phi) is 4.01. The van der Waals surface area contributed by atoms with Gasteiger partial charge in [0, 0.05) is 31.4 Å². The van der Waals surface area contributed by atoms with Crippen LogP contribution in [0.25, 0.3) is 0 Å². The van der Waals surface area contributed by atoms with Gasteiger partial charge in [0.25, 0.3) is 0 Å². The van der Waals surface area contributed by atoms with E-state index in [4.69, 9.17) is 5.26 Å². The standard InChI is InChI=1S/C17H16N4O/c18-11-14-3-1-9-19-17(14)20-12-13-5-7-15(8-6-13)21-10-2-4-16(21)22/h1,3,5-9H,2,4,10,12H2,(H,19,20). The molecule has 22 heavy (non-hydrogen) atoms. The molecular weight excluding hydrogens is 276 g/mol. The molecule has 5 nitrogen and oxygen atoms in total. The van der Waals surface area contributed by atoms with E-state index in [2.05, 4.69) is 16.4 Å². The predicted octanol–water partition coefficient (Wildman–Crippen LogP) is 2.69. The zero-order chi connectivity index (χ0) is 15.4. The molecule has 5 heteroatoms. The summed E-state index contributed by atoms with van der Waals surface area (Å²) < 4.78 is 0. The lowest BCUT2D eigenvalue weighted by Crippen LogP contribution is -2.23.